The summed E-state index contributed by atoms with van der Waals surface area (Å²) < 4.78 is 22.4. The molecular formula is C12H18N2O5S2. The van der Waals surface area contributed by atoms with Crippen LogP contribution in [0.1, 0.15) is 35.5 Å². The number of hydrogen-bond donors (Lipinski definition) is 3. The number of thiophene rings is 1. The lowest BCUT2D eigenvalue weighted by atomic mass is 10.0. The van der Waals surface area contributed by atoms with E-state index in [9.17, 15) is 18.0 Å². The third kappa shape index (κ3) is 4.80. The number of hydrogen-bond acceptors (Lipinski definition) is 5. The molecule has 0 aliphatic heterocycles. The lowest BCUT2D eigenvalue weighted by Crippen LogP contribution is -2.41. The second-order valence-electron chi connectivity index (χ2n) is 5.12. The number of aliphatic carboxylic acids is 1. The van der Waals surface area contributed by atoms with Crippen LogP contribution >= 0.6 is 11.3 Å². The van der Waals surface area contributed by atoms with Crippen molar-refractivity contribution in [3.05, 3.63) is 16.5 Å². The van der Waals surface area contributed by atoms with E-state index in [1.807, 2.05) is 13.8 Å². The lowest BCUT2D eigenvalue weighted by Gasteiger charge is -2.16. The first-order chi connectivity index (χ1) is 9.52. The van der Waals surface area contributed by atoms with Crippen molar-refractivity contribution in [1.82, 2.24) is 5.32 Å². The molecule has 7 nitrogen and oxygen atoms in total. The van der Waals surface area contributed by atoms with Crippen molar-refractivity contribution in [2.75, 3.05) is 0 Å². The van der Waals surface area contributed by atoms with Crippen molar-refractivity contribution in [1.29, 1.82) is 0 Å². The SMILES string of the molecule is Cc1cc(S(N)(=O)=O)sc1C(=O)N[C@H](CC(C)C)C(=O)O. The van der Waals surface area contributed by atoms with Gasteiger partial charge in [0.05, 0.1) is 4.88 Å². The van der Waals surface area contributed by atoms with E-state index in [1.165, 1.54) is 6.07 Å². The highest BCUT2D eigenvalue weighted by Crippen LogP contribution is 2.25. The van der Waals surface area contributed by atoms with E-state index in [1.54, 1.807) is 6.92 Å². The average molecular weight is 334 g/mol. The van der Waals surface area contributed by atoms with E-state index >= 15 is 0 Å². The molecule has 0 aliphatic rings. The van der Waals surface area contributed by atoms with E-state index < -0.39 is 27.9 Å². The molecule has 0 saturated heterocycles. The zero-order chi connectivity index (χ0) is 16.4. The number of aryl methyl sites for hydroxylation is 1. The molecule has 1 aromatic heterocycles. The molecular weight excluding hydrogens is 316 g/mol. The largest absolute Gasteiger partial charge is 0.480 e. The van der Waals surface area contributed by atoms with Crippen LogP contribution < -0.4 is 10.5 Å². The maximum Gasteiger partial charge on any atom is 0.326 e. The van der Waals surface area contributed by atoms with Crippen molar-refractivity contribution in [2.45, 2.75) is 37.4 Å². The number of carbonyl (C=O) groups excluding carboxylic acids is 1. The summed E-state index contributed by atoms with van der Waals surface area (Å²) in [7, 11) is -3.88. The molecule has 1 rings (SSSR count). The second kappa shape index (κ2) is 6.54. The highest BCUT2D eigenvalue weighted by atomic mass is 32.2. The van der Waals surface area contributed by atoms with Crippen LogP contribution in [0.5, 0.6) is 0 Å². The van der Waals surface area contributed by atoms with E-state index in [0.717, 1.165) is 11.3 Å². The summed E-state index contributed by atoms with van der Waals surface area (Å²) in [5.41, 5.74) is 0.440. The smallest absolute Gasteiger partial charge is 0.326 e. The van der Waals surface area contributed by atoms with Crippen LogP contribution in [-0.2, 0) is 14.8 Å². The zero-order valence-corrected chi connectivity index (χ0v) is 13.5. The average Bonchev–Trinajstić information content (AvgIpc) is 2.69. The van der Waals surface area contributed by atoms with Crippen LogP contribution in [0.2, 0.25) is 0 Å². The monoisotopic (exact) mass is 334 g/mol. The van der Waals surface area contributed by atoms with Crippen LogP contribution in [0, 0.1) is 12.8 Å². The van der Waals surface area contributed by atoms with Gasteiger partial charge in [0.2, 0.25) is 10.0 Å². The van der Waals surface area contributed by atoms with Gasteiger partial charge >= 0.3 is 5.97 Å². The summed E-state index contributed by atoms with van der Waals surface area (Å²) in [6, 6.07) is 0.282. The van der Waals surface area contributed by atoms with Gasteiger partial charge in [0.25, 0.3) is 5.91 Å². The number of amides is 1. The fraction of sp³-hybridized carbons (Fsp3) is 0.500. The van der Waals surface area contributed by atoms with Crippen molar-refractivity contribution in [3.63, 3.8) is 0 Å². The van der Waals surface area contributed by atoms with Gasteiger partial charge in [-0.15, -0.1) is 11.3 Å². The number of rotatable bonds is 6. The number of primary sulfonamides is 1. The van der Waals surface area contributed by atoms with Gasteiger partial charge in [0, 0.05) is 0 Å². The number of carbonyl (C=O) groups is 2. The van der Waals surface area contributed by atoms with Gasteiger partial charge in [-0.25, -0.2) is 18.4 Å². The van der Waals surface area contributed by atoms with Crippen LogP contribution in [0.3, 0.4) is 0 Å². The Morgan fingerprint density at radius 3 is 2.38 bits per heavy atom. The Bertz CT molecular complexity index is 649. The summed E-state index contributed by atoms with van der Waals surface area (Å²) in [6.45, 7) is 5.26. The summed E-state index contributed by atoms with van der Waals surface area (Å²) in [5.74, 6) is -1.64. The minimum atomic E-state index is -3.88. The Morgan fingerprint density at radius 2 is 2.00 bits per heavy atom. The zero-order valence-electron chi connectivity index (χ0n) is 11.9. The minimum absolute atomic E-state index is 0.0933. The van der Waals surface area contributed by atoms with Crippen molar-refractivity contribution in [2.24, 2.45) is 11.1 Å². The number of nitrogens with one attached hydrogen (secondary N) is 1. The van der Waals surface area contributed by atoms with E-state index in [4.69, 9.17) is 10.2 Å². The summed E-state index contributed by atoms with van der Waals surface area (Å²) in [5, 5.41) is 16.5. The number of nitrogens with two attached hydrogens (primary N) is 1. The fourth-order valence-electron chi connectivity index (χ4n) is 1.74. The van der Waals surface area contributed by atoms with Crippen molar-refractivity contribution >= 4 is 33.2 Å². The standard InChI is InChI=1S/C12H18N2O5S2/c1-6(2)4-8(12(16)17)14-11(15)10-7(3)5-9(20-10)21(13,18)19/h5-6,8H,4H2,1-3H3,(H,14,15)(H,16,17)(H2,13,18,19)/t8-/m1/s1. The van der Waals surface area contributed by atoms with Gasteiger partial charge in [-0.1, -0.05) is 13.8 Å². The van der Waals surface area contributed by atoms with E-state index in [0.29, 0.717) is 5.56 Å². The predicted molar refractivity (Wildman–Crippen MR) is 78.8 cm³/mol. The topological polar surface area (TPSA) is 127 Å². The van der Waals surface area contributed by atoms with Gasteiger partial charge in [0.1, 0.15) is 10.3 Å². The molecule has 1 aromatic rings. The van der Waals surface area contributed by atoms with E-state index in [2.05, 4.69) is 5.32 Å². The molecule has 0 aromatic carbocycles. The van der Waals surface area contributed by atoms with Crippen LogP contribution in [-0.4, -0.2) is 31.4 Å². The maximum absolute atomic E-state index is 12.1. The van der Waals surface area contributed by atoms with Gasteiger partial charge < -0.3 is 10.4 Å². The van der Waals surface area contributed by atoms with Crippen LogP contribution in [0.15, 0.2) is 10.3 Å². The van der Waals surface area contributed by atoms with Gasteiger partial charge in [-0.3, -0.25) is 4.79 Å². The van der Waals surface area contributed by atoms with Gasteiger partial charge in [-0.05, 0) is 30.9 Å². The third-order valence-corrected chi connectivity index (χ3v) is 5.35. The molecule has 4 N–H and O–H groups in total. The molecule has 21 heavy (non-hydrogen) atoms. The molecule has 0 spiro atoms. The first-order valence-corrected chi connectivity index (χ1v) is 8.55. The lowest BCUT2D eigenvalue weighted by molar-refractivity contribution is -0.139. The molecule has 0 fully saturated rings. The molecule has 0 radical (unpaired) electrons. The summed E-state index contributed by atoms with van der Waals surface area (Å²) in [6.07, 6.45) is 0.285. The molecule has 0 unspecified atom stereocenters. The third-order valence-electron chi connectivity index (χ3n) is 2.69. The Balaban J connectivity index is 2.98. The highest BCUT2D eigenvalue weighted by molar-refractivity contribution is 7.91. The van der Waals surface area contributed by atoms with E-state index in [-0.39, 0.29) is 21.4 Å². The van der Waals surface area contributed by atoms with Gasteiger partial charge in [0.15, 0.2) is 0 Å². The molecule has 0 saturated carbocycles. The fourth-order valence-corrected chi connectivity index (χ4v) is 3.60. The Morgan fingerprint density at radius 1 is 1.43 bits per heavy atom. The van der Waals surface area contributed by atoms with Crippen LogP contribution in [0.4, 0.5) is 0 Å². The molecule has 1 heterocycles. The molecule has 118 valence electrons. The summed E-state index contributed by atoms with van der Waals surface area (Å²) >= 11 is 0.729. The van der Waals surface area contributed by atoms with Crippen molar-refractivity contribution in [3.8, 4) is 0 Å². The first-order valence-electron chi connectivity index (χ1n) is 6.19. The quantitative estimate of drug-likeness (QED) is 0.713. The Hall–Kier alpha value is -1.45. The molecule has 1 amide bonds. The highest BCUT2D eigenvalue weighted by Gasteiger charge is 2.25. The minimum Gasteiger partial charge on any atom is -0.480 e. The van der Waals surface area contributed by atoms with Gasteiger partial charge in [-0.2, -0.15) is 0 Å². The number of sulfonamides is 1. The number of carboxylic acid groups (broad SMARTS) is 1. The van der Waals surface area contributed by atoms with Crippen LogP contribution in [0.25, 0.3) is 0 Å². The molecule has 0 bridgehead atoms. The first kappa shape index (κ1) is 17.6. The van der Waals surface area contributed by atoms with Crippen molar-refractivity contribution < 1.29 is 23.1 Å². The second-order valence-corrected chi connectivity index (χ2v) is 7.96. The Kier molecular flexibility index (Phi) is 5.48. The Labute approximate surface area is 127 Å². The normalized spacial score (nSPS) is 13.2. The maximum atomic E-state index is 12.1. The molecule has 0 aliphatic carbocycles. The summed E-state index contributed by atoms with van der Waals surface area (Å²) in [4.78, 5) is 23.4. The number of carboxylic acids is 1. The molecule has 9 heteroatoms. The molecule has 1 atom stereocenters. The predicted octanol–water partition coefficient (Wildman–Crippen LogP) is 0.933.